The number of carboxylic acids is 1. The van der Waals surface area contributed by atoms with E-state index in [1.165, 1.54) is 6.92 Å². The molecule has 14 heteroatoms. The minimum atomic E-state index is -1.44. The highest BCUT2D eigenvalue weighted by Crippen LogP contribution is 2.03. The van der Waals surface area contributed by atoms with E-state index in [1.54, 1.807) is 0 Å². The number of aliphatic carboxylic acids is 1. The van der Waals surface area contributed by atoms with Crippen LogP contribution in [0.4, 0.5) is 0 Å². The lowest BCUT2D eigenvalue weighted by Crippen LogP contribution is -2.56. The maximum Gasteiger partial charge on any atom is 0.326 e. The summed E-state index contributed by atoms with van der Waals surface area (Å²) in [5.74, 6) is -5.18. The summed E-state index contributed by atoms with van der Waals surface area (Å²) in [6.45, 7) is 1.34. The third-order valence-corrected chi connectivity index (χ3v) is 4.29. The minimum absolute atomic E-state index is 0.0473. The maximum absolute atomic E-state index is 12.5. The molecule has 0 radical (unpaired) electrons. The molecule has 0 fully saturated rings. The van der Waals surface area contributed by atoms with Gasteiger partial charge >= 0.3 is 5.97 Å². The van der Waals surface area contributed by atoms with Crippen molar-refractivity contribution >= 4 is 48.1 Å². The van der Waals surface area contributed by atoms with Gasteiger partial charge in [-0.1, -0.05) is 0 Å². The Kier molecular flexibility index (Phi) is 12.1. The Hall–Kier alpha value is -2.87. The van der Waals surface area contributed by atoms with Crippen molar-refractivity contribution < 1.29 is 33.9 Å². The van der Waals surface area contributed by atoms with Gasteiger partial charge in [0.25, 0.3) is 0 Å². The Balaban J connectivity index is 5.18. The van der Waals surface area contributed by atoms with Gasteiger partial charge in [-0.2, -0.15) is 12.6 Å². The Labute approximate surface area is 178 Å². The van der Waals surface area contributed by atoms with Crippen molar-refractivity contribution in [1.82, 2.24) is 16.0 Å². The number of amides is 5. The Morgan fingerprint density at radius 2 is 1.30 bits per heavy atom. The first kappa shape index (κ1) is 27.1. The summed E-state index contributed by atoms with van der Waals surface area (Å²) in [6, 6.07) is -4.79. The lowest BCUT2D eigenvalue weighted by molar-refractivity contribution is -0.142. The molecule has 0 aliphatic rings. The van der Waals surface area contributed by atoms with Gasteiger partial charge in [0.1, 0.15) is 18.1 Å². The second-order valence-corrected chi connectivity index (χ2v) is 6.86. The van der Waals surface area contributed by atoms with E-state index in [4.69, 9.17) is 17.2 Å². The van der Waals surface area contributed by atoms with Crippen LogP contribution >= 0.6 is 12.6 Å². The summed E-state index contributed by atoms with van der Waals surface area (Å²) in [7, 11) is 0. The van der Waals surface area contributed by atoms with Crippen molar-refractivity contribution in [2.75, 3.05) is 5.75 Å². The molecular weight excluding hydrogens is 420 g/mol. The van der Waals surface area contributed by atoms with Crippen molar-refractivity contribution in [3.8, 4) is 0 Å². The predicted molar refractivity (Wildman–Crippen MR) is 108 cm³/mol. The minimum Gasteiger partial charge on any atom is -0.480 e. The highest BCUT2D eigenvalue weighted by atomic mass is 32.1. The number of hydrogen-bond acceptors (Lipinski definition) is 8. The predicted octanol–water partition coefficient (Wildman–Crippen LogP) is -3.67. The number of rotatable bonds is 14. The van der Waals surface area contributed by atoms with Gasteiger partial charge in [0.2, 0.25) is 29.5 Å². The third kappa shape index (κ3) is 10.6. The topological polar surface area (TPSA) is 237 Å². The van der Waals surface area contributed by atoms with Gasteiger partial charge in [-0.3, -0.25) is 24.0 Å². The van der Waals surface area contributed by atoms with Crippen LogP contribution < -0.4 is 33.2 Å². The first-order valence-corrected chi connectivity index (χ1v) is 9.59. The van der Waals surface area contributed by atoms with Crippen molar-refractivity contribution in [2.24, 2.45) is 17.2 Å². The molecule has 0 aliphatic heterocycles. The average Bonchev–Trinajstić information content (AvgIpc) is 2.66. The lowest BCUT2D eigenvalue weighted by atomic mass is 10.1. The number of nitrogens with one attached hydrogen (secondary N) is 3. The summed E-state index contributed by atoms with van der Waals surface area (Å²) in [6.07, 6.45) is -1.04. The number of carbonyl (C=O) groups excluding carboxylic acids is 5. The fourth-order valence-electron chi connectivity index (χ4n) is 2.14. The molecule has 0 aromatic heterocycles. The average molecular weight is 449 g/mol. The number of primary amides is 2. The van der Waals surface area contributed by atoms with Crippen LogP contribution in [0, 0.1) is 0 Å². The molecular formula is C16H28N6O7S. The molecule has 5 amide bonds. The SMILES string of the molecule is CC(NC(=O)C(N)CS)C(=O)NC(CCC(N)=O)C(=O)NC(CCC(N)=O)C(=O)O. The highest BCUT2D eigenvalue weighted by molar-refractivity contribution is 7.80. The quantitative estimate of drug-likeness (QED) is 0.123. The van der Waals surface area contributed by atoms with E-state index in [1.807, 2.05) is 0 Å². The van der Waals surface area contributed by atoms with Crippen LogP contribution in [0.2, 0.25) is 0 Å². The van der Waals surface area contributed by atoms with Crippen LogP contribution in [0.5, 0.6) is 0 Å². The van der Waals surface area contributed by atoms with Crippen molar-refractivity contribution in [1.29, 1.82) is 0 Å². The van der Waals surface area contributed by atoms with E-state index in [0.717, 1.165) is 0 Å². The summed E-state index contributed by atoms with van der Waals surface area (Å²) in [5, 5.41) is 16.0. The molecule has 0 aromatic carbocycles. The summed E-state index contributed by atoms with van der Waals surface area (Å²) < 4.78 is 0. The molecule has 0 saturated heterocycles. The first-order chi connectivity index (χ1) is 13.9. The van der Waals surface area contributed by atoms with Gasteiger partial charge in [0.05, 0.1) is 6.04 Å². The van der Waals surface area contributed by atoms with Crippen molar-refractivity contribution in [2.45, 2.75) is 56.8 Å². The van der Waals surface area contributed by atoms with Gasteiger partial charge in [0.15, 0.2) is 0 Å². The molecule has 0 saturated carbocycles. The van der Waals surface area contributed by atoms with Crippen LogP contribution in [0.25, 0.3) is 0 Å². The van der Waals surface area contributed by atoms with E-state index >= 15 is 0 Å². The third-order valence-electron chi connectivity index (χ3n) is 3.89. The number of carbonyl (C=O) groups is 6. The van der Waals surface area contributed by atoms with E-state index in [0.29, 0.717) is 0 Å². The van der Waals surface area contributed by atoms with Crippen LogP contribution in [-0.4, -0.2) is 70.5 Å². The molecule has 0 aromatic rings. The lowest BCUT2D eigenvalue weighted by Gasteiger charge is -2.23. The van der Waals surface area contributed by atoms with Crippen LogP contribution in [0.15, 0.2) is 0 Å². The fraction of sp³-hybridized carbons (Fsp3) is 0.625. The van der Waals surface area contributed by atoms with Gasteiger partial charge in [0, 0.05) is 18.6 Å². The maximum atomic E-state index is 12.5. The Morgan fingerprint density at radius 3 is 1.73 bits per heavy atom. The zero-order valence-corrected chi connectivity index (χ0v) is 17.3. The number of carboxylic acid groups (broad SMARTS) is 1. The van der Waals surface area contributed by atoms with Crippen molar-refractivity contribution in [3.63, 3.8) is 0 Å². The van der Waals surface area contributed by atoms with E-state index in [2.05, 4.69) is 28.6 Å². The molecule has 0 aliphatic carbocycles. The van der Waals surface area contributed by atoms with E-state index in [-0.39, 0.29) is 31.4 Å². The Bertz CT molecular complexity index is 674. The molecule has 13 nitrogen and oxygen atoms in total. The van der Waals surface area contributed by atoms with Gasteiger partial charge in [-0.25, -0.2) is 4.79 Å². The summed E-state index contributed by atoms with van der Waals surface area (Å²) >= 11 is 3.88. The van der Waals surface area contributed by atoms with Crippen LogP contribution in [0.1, 0.15) is 32.6 Å². The van der Waals surface area contributed by atoms with E-state index < -0.39 is 59.7 Å². The standard InChI is InChI=1S/C16H28N6O7S/c1-7(20-14(26)8(17)6-30)13(25)21-9(2-4-11(18)23)15(27)22-10(16(28)29)3-5-12(19)24/h7-10,30H,2-6,17H2,1H3,(H2,18,23)(H2,19,24)(H,20,26)(H,21,25)(H,22,27)(H,28,29). The monoisotopic (exact) mass is 448 g/mol. The number of thiol groups is 1. The summed E-state index contributed by atoms with van der Waals surface area (Å²) in [5.41, 5.74) is 15.6. The number of hydrogen-bond donors (Lipinski definition) is 8. The van der Waals surface area contributed by atoms with Crippen molar-refractivity contribution in [3.05, 3.63) is 0 Å². The van der Waals surface area contributed by atoms with Gasteiger partial charge < -0.3 is 38.3 Å². The van der Waals surface area contributed by atoms with Crippen LogP contribution in [0.3, 0.4) is 0 Å². The first-order valence-electron chi connectivity index (χ1n) is 8.96. The molecule has 0 heterocycles. The smallest absolute Gasteiger partial charge is 0.326 e. The second kappa shape index (κ2) is 13.4. The summed E-state index contributed by atoms with van der Waals surface area (Å²) in [4.78, 5) is 69.8. The second-order valence-electron chi connectivity index (χ2n) is 6.49. The van der Waals surface area contributed by atoms with E-state index in [9.17, 15) is 33.9 Å². The molecule has 4 unspecified atom stereocenters. The van der Waals surface area contributed by atoms with Crippen LogP contribution in [-0.2, 0) is 28.8 Å². The molecule has 10 N–H and O–H groups in total. The number of nitrogens with two attached hydrogens (primary N) is 3. The molecule has 0 rings (SSSR count). The normalized spacial score (nSPS) is 14.5. The highest BCUT2D eigenvalue weighted by Gasteiger charge is 2.29. The molecule has 170 valence electrons. The largest absolute Gasteiger partial charge is 0.480 e. The molecule has 4 atom stereocenters. The Morgan fingerprint density at radius 1 is 0.833 bits per heavy atom. The fourth-order valence-corrected chi connectivity index (χ4v) is 2.30. The molecule has 0 spiro atoms. The molecule has 30 heavy (non-hydrogen) atoms. The zero-order valence-electron chi connectivity index (χ0n) is 16.4. The van der Waals surface area contributed by atoms with Gasteiger partial charge in [-0.15, -0.1) is 0 Å². The molecule has 0 bridgehead atoms. The van der Waals surface area contributed by atoms with Gasteiger partial charge in [-0.05, 0) is 19.8 Å². The zero-order chi connectivity index (χ0) is 23.4.